The largest absolute Gasteiger partial charge is 0.338 e. The highest BCUT2D eigenvalue weighted by Crippen LogP contribution is 2.31. The highest BCUT2D eigenvalue weighted by atomic mass is 32.2. The molecule has 7 heteroatoms. The summed E-state index contributed by atoms with van der Waals surface area (Å²) in [5, 5.41) is 0.870. The average molecular weight is 429 g/mol. The van der Waals surface area contributed by atoms with Crippen molar-refractivity contribution in [3.05, 3.63) is 58.0 Å². The molecule has 0 bridgehead atoms. The summed E-state index contributed by atoms with van der Waals surface area (Å²) >= 11 is 1.45. The van der Waals surface area contributed by atoms with Gasteiger partial charge in [-0.1, -0.05) is 17.7 Å². The fraction of sp³-hybridized carbons (Fsp3) is 0.318. The normalized spacial score (nSPS) is 14.5. The Bertz CT molecular complexity index is 1180. The molecular weight excluding hydrogens is 404 g/mol. The lowest BCUT2D eigenvalue weighted by Gasteiger charge is -2.14. The van der Waals surface area contributed by atoms with Crippen LogP contribution in [0.1, 0.15) is 39.2 Å². The van der Waals surface area contributed by atoms with E-state index in [0.717, 1.165) is 52.7 Å². The molecule has 1 saturated heterocycles. The van der Waals surface area contributed by atoms with Crippen molar-refractivity contribution in [3.63, 3.8) is 0 Å². The molecule has 0 radical (unpaired) electrons. The van der Waals surface area contributed by atoms with Crippen LogP contribution < -0.4 is 4.72 Å². The second kappa shape index (κ2) is 7.46. The Morgan fingerprint density at radius 2 is 1.66 bits per heavy atom. The first-order valence-electron chi connectivity index (χ1n) is 9.68. The van der Waals surface area contributed by atoms with Gasteiger partial charge in [-0.25, -0.2) is 8.42 Å². The van der Waals surface area contributed by atoms with Gasteiger partial charge in [-0.15, -0.1) is 11.3 Å². The van der Waals surface area contributed by atoms with Crippen LogP contribution in [0.25, 0.3) is 10.1 Å². The fourth-order valence-corrected chi connectivity index (χ4v) is 6.60. The highest BCUT2D eigenvalue weighted by Gasteiger charge is 2.22. The Morgan fingerprint density at radius 3 is 2.31 bits per heavy atom. The van der Waals surface area contributed by atoms with Crippen molar-refractivity contribution in [1.82, 2.24) is 4.90 Å². The van der Waals surface area contributed by atoms with E-state index in [1.165, 1.54) is 11.3 Å². The first-order valence-corrected chi connectivity index (χ1v) is 12.0. The van der Waals surface area contributed by atoms with Gasteiger partial charge in [-0.05, 0) is 74.4 Å². The predicted molar refractivity (Wildman–Crippen MR) is 118 cm³/mol. The number of carbonyl (C=O) groups is 1. The number of rotatable bonds is 4. The van der Waals surface area contributed by atoms with Crippen LogP contribution in [0.2, 0.25) is 0 Å². The van der Waals surface area contributed by atoms with Crippen molar-refractivity contribution in [2.75, 3.05) is 17.8 Å². The number of anilines is 1. The third-order valence-electron chi connectivity index (χ3n) is 5.25. The Balaban J connectivity index is 1.64. The third kappa shape index (κ3) is 3.89. The molecule has 1 fully saturated rings. The first-order chi connectivity index (χ1) is 13.7. The van der Waals surface area contributed by atoms with E-state index < -0.39 is 10.0 Å². The van der Waals surface area contributed by atoms with Crippen molar-refractivity contribution in [2.45, 2.75) is 38.5 Å². The molecule has 0 saturated carbocycles. The van der Waals surface area contributed by atoms with Gasteiger partial charge in [0.25, 0.3) is 15.9 Å². The second-order valence-electron chi connectivity index (χ2n) is 7.70. The third-order valence-corrected chi connectivity index (χ3v) is 8.04. The molecule has 2 aromatic carbocycles. The summed E-state index contributed by atoms with van der Waals surface area (Å²) in [5.74, 6) is 0.0664. The minimum absolute atomic E-state index is 0.0664. The molecule has 0 atom stereocenters. The summed E-state index contributed by atoms with van der Waals surface area (Å²) in [7, 11) is -3.70. The van der Waals surface area contributed by atoms with Crippen molar-refractivity contribution in [1.29, 1.82) is 0 Å². The Kier molecular flexibility index (Phi) is 5.12. The molecule has 1 aliphatic rings. The SMILES string of the molecule is Cc1cc(C)c(S(=O)(=O)Nc2ccc3sc(C(=O)N4CCCC4)cc3c2)c(C)c1. The Morgan fingerprint density at radius 1 is 1.00 bits per heavy atom. The van der Waals surface area contributed by atoms with Gasteiger partial charge in [0.2, 0.25) is 0 Å². The van der Waals surface area contributed by atoms with Gasteiger partial charge in [-0.3, -0.25) is 9.52 Å². The van der Waals surface area contributed by atoms with Crippen LogP contribution in [0.4, 0.5) is 5.69 Å². The number of thiophene rings is 1. The van der Waals surface area contributed by atoms with E-state index in [4.69, 9.17) is 0 Å². The molecule has 1 amide bonds. The predicted octanol–water partition coefficient (Wildman–Crippen LogP) is 4.86. The maximum Gasteiger partial charge on any atom is 0.263 e. The van der Waals surface area contributed by atoms with Gasteiger partial charge >= 0.3 is 0 Å². The van der Waals surface area contributed by atoms with E-state index in [1.807, 2.05) is 49.9 Å². The summed E-state index contributed by atoms with van der Waals surface area (Å²) < 4.78 is 29.7. The van der Waals surface area contributed by atoms with Crippen LogP contribution in [0.5, 0.6) is 0 Å². The van der Waals surface area contributed by atoms with Gasteiger partial charge in [0, 0.05) is 23.5 Å². The molecule has 0 unspecified atom stereocenters. The molecule has 0 aliphatic carbocycles. The average Bonchev–Trinajstić information content (AvgIpc) is 3.29. The number of hydrogen-bond acceptors (Lipinski definition) is 4. The number of nitrogens with one attached hydrogen (secondary N) is 1. The zero-order valence-electron chi connectivity index (χ0n) is 16.8. The van der Waals surface area contributed by atoms with Crippen molar-refractivity contribution < 1.29 is 13.2 Å². The van der Waals surface area contributed by atoms with Crippen molar-refractivity contribution in [2.24, 2.45) is 0 Å². The number of nitrogens with zero attached hydrogens (tertiary/aromatic N) is 1. The van der Waals surface area contributed by atoms with Gasteiger partial charge in [-0.2, -0.15) is 0 Å². The number of amides is 1. The molecule has 1 aliphatic heterocycles. The smallest absolute Gasteiger partial charge is 0.263 e. The standard InChI is InChI=1S/C22H24N2O3S2/c1-14-10-15(2)21(16(3)11-14)29(26,27)23-18-6-7-19-17(12-18)13-20(28-19)22(25)24-8-4-5-9-24/h6-7,10-13,23H,4-5,8-9H2,1-3H3. The highest BCUT2D eigenvalue weighted by molar-refractivity contribution is 7.92. The summed E-state index contributed by atoms with van der Waals surface area (Å²) in [6, 6.07) is 11.0. The minimum atomic E-state index is -3.70. The maximum absolute atomic E-state index is 13.0. The lowest BCUT2D eigenvalue weighted by atomic mass is 10.1. The molecule has 4 rings (SSSR count). The molecule has 0 spiro atoms. The number of hydrogen-bond donors (Lipinski definition) is 1. The Labute approximate surface area is 175 Å². The quantitative estimate of drug-likeness (QED) is 0.645. The number of carbonyl (C=O) groups excluding carboxylic acids is 1. The summed E-state index contributed by atoms with van der Waals surface area (Å²) in [6.45, 7) is 7.20. The van der Waals surface area contributed by atoms with Crippen LogP contribution in [-0.2, 0) is 10.0 Å². The lowest BCUT2D eigenvalue weighted by Crippen LogP contribution is -2.26. The van der Waals surface area contributed by atoms with Gasteiger partial charge in [0.05, 0.1) is 9.77 Å². The molecule has 152 valence electrons. The second-order valence-corrected chi connectivity index (χ2v) is 10.4. The van der Waals surface area contributed by atoms with Gasteiger partial charge < -0.3 is 4.90 Å². The fourth-order valence-electron chi connectivity index (χ4n) is 4.09. The van der Waals surface area contributed by atoms with E-state index in [0.29, 0.717) is 15.5 Å². The van der Waals surface area contributed by atoms with Crippen LogP contribution in [0, 0.1) is 20.8 Å². The van der Waals surface area contributed by atoms with Crippen LogP contribution in [0.3, 0.4) is 0 Å². The van der Waals surface area contributed by atoms with E-state index in [9.17, 15) is 13.2 Å². The molecule has 3 aromatic rings. The number of aryl methyl sites for hydroxylation is 3. The molecular formula is C22H24N2O3S2. The monoisotopic (exact) mass is 428 g/mol. The summed E-state index contributed by atoms with van der Waals surface area (Å²) in [4.78, 5) is 15.5. The molecule has 29 heavy (non-hydrogen) atoms. The lowest BCUT2D eigenvalue weighted by molar-refractivity contribution is 0.0797. The van der Waals surface area contributed by atoms with E-state index in [2.05, 4.69) is 4.72 Å². The molecule has 1 aromatic heterocycles. The van der Waals surface area contributed by atoms with Crippen molar-refractivity contribution >= 4 is 43.0 Å². The van der Waals surface area contributed by atoms with Crippen LogP contribution in [0.15, 0.2) is 41.3 Å². The number of fused-ring (bicyclic) bond motifs is 1. The zero-order chi connectivity index (χ0) is 20.8. The first kappa shape index (κ1) is 19.9. The van der Waals surface area contributed by atoms with Gasteiger partial charge in [0.15, 0.2) is 0 Å². The minimum Gasteiger partial charge on any atom is -0.338 e. The number of benzene rings is 2. The topological polar surface area (TPSA) is 66.5 Å². The number of likely N-dealkylation sites (tertiary alicyclic amines) is 1. The molecule has 2 heterocycles. The maximum atomic E-state index is 13.0. The summed E-state index contributed by atoms with van der Waals surface area (Å²) in [6.07, 6.45) is 2.11. The summed E-state index contributed by atoms with van der Waals surface area (Å²) in [5.41, 5.74) is 2.99. The van der Waals surface area contributed by atoms with Crippen LogP contribution in [-0.4, -0.2) is 32.3 Å². The van der Waals surface area contributed by atoms with E-state index in [-0.39, 0.29) is 5.91 Å². The van der Waals surface area contributed by atoms with E-state index >= 15 is 0 Å². The van der Waals surface area contributed by atoms with Crippen molar-refractivity contribution in [3.8, 4) is 0 Å². The number of sulfonamides is 1. The van der Waals surface area contributed by atoms with E-state index in [1.54, 1.807) is 12.1 Å². The van der Waals surface area contributed by atoms with Gasteiger partial charge in [0.1, 0.15) is 0 Å². The Hall–Kier alpha value is -2.38. The zero-order valence-corrected chi connectivity index (χ0v) is 18.4. The molecule has 1 N–H and O–H groups in total. The molecule has 5 nitrogen and oxygen atoms in total. The van der Waals surface area contributed by atoms with Crippen LogP contribution >= 0.6 is 11.3 Å².